The highest BCUT2D eigenvalue weighted by molar-refractivity contribution is 6.32. The molecule has 0 bridgehead atoms. The van der Waals surface area contributed by atoms with E-state index in [-0.39, 0.29) is 11.8 Å². The summed E-state index contributed by atoms with van der Waals surface area (Å²) in [6.07, 6.45) is 6.32. The van der Waals surface area contributed by atoms with Crippen molar-refractivity contribution in [1.29, 1.82) is 0 Å². The summed E-state index contributed by atoms with van der Waals surface area (Å²) in [5.74, 6) is 0.278. The summed E-state index contributed by atoms with van der Waals surface area (Å²) >= 11 is 0. The lowest BCUT2D eigenvalue weighted by atomic mass is 9.85. The van der Waals surface area contributed by atoms with E-state index in [0.29, 0.717) is 11.2 Å². The number of carbonyl (C=O) groups excluding carboxylic acids is 1. The van der Waals surface area contributed by atoms with Crippen molar-refractivity contribution in [1.82, 2.24) is 4.98 Å². The molecule has 1 aromatic rings. The Balaban J connectivity index is 1.99. The summed E-state index contributed by atoms with van der Waals surface area (Å²) < 4.78 is 0. The third kappa shape index (κ3) is 1.95. The fourth-order valence-electron chi connectivity index (χ4n) is 1.44. The minimum Gasteiger partial charge on any atom is -0.325 e. The van der Waals surface area contributed by atoms with Gasteiger partial charge in [-0.15, -0.1) is 0 Å². The molecule has 1 N–H and O–H groups in total. The van der Waals surface area contributed by atoms with Crippen LogP contribution in [0.1, 0.15) is 19.3 Å². The molecule has 2 radical (unpaired) electrons. The topological polar surface area (TPSA) is 42.0 Å². The summed E-state index contributed by atoms with van der Waals surface area (Å²) in [5, 5.41) is 2.80. The maximum Gasteiger partial charge on any atom is 0.227 e. The van der Waals surface area contributed by atoms with Gasteiger partial charge in [0.15, 0.2) is 0 Å². The first-order valence-corrected chi connectivity index (χ1v) is 4.77. The monoisotopic (exact) mass is 186 g/mol. The van der Waals surface area contributed by atoms with Gasteiger partial charge in [0.25, 0.3) is 0 Å². The van der Waals surface area contributed by atoms with E-state index in [4.69, 9.17) is 7.85 Å². The van der Waals surface area contributed by atoms with E-state index in [0.717, 1.165) is 19.3 Å². The first-order chi connectivity index (χ1) is 6.75. The maximum absolute atomic E-state index is 11.5. The van der Waals surface area contributed by atoms with Crippen LogP contribution in [0.2, 0.25) is 0 Å². The number of nitrogens with one attached hydrogen (secondary N) is 1. The van der Waals surface area contributed by atoms with Crippen molar-refractivity contribution in [2.45, 2.75) is 19.3 Å². The highest BCUT2D eigenvalue weighted by atomic mass is 16.1. The van der Waals surface area contributed by atoms with E-state index in [2.05, 4.69) is 10.3 Å². The molecule has 3 nitrogen and oxygen atoms in total. The van der Waals surface area contributed by atoms with Crippen LogP contribution in [-0.4, -0.2) is 18.7 Å². The van der Waals surface area contributed by atoms with Gasteiger partial charge in [-0.2, -0.15) is 0 Å². The number of hydrogen-bond donors (Lipinski definition) is 1. The molecule has 0 spiro atoms. The average Bonchev–Trinajstić information content (AvgIpc) is 1.99. The van der Waals surface area contributed by atoms with Crippen molar-refractivity contribution >= 4 is 24.9 Å². The third-order valence-electron chi connectivity index (χ3n) is 2.50. The standard InChI is InChI=1S/C10H11BN2O/c11-8-4-9(6-12-5-8)13-10(14)7-2-1-3-7/h4-7H,1-3H2,(H,13,14). The van der Waals surface area contributed by atoms with E-state index in [9.17, 15) is 4.79 Å². The Morgan fingerprint density at radius 1 is 1.50 bits per heavy atom. The van der Waals surface area contributed by atoms with Crippen LogP contribution in [0.4, 0.5) is 5.69 Å². The number of amides is 1. The van der Waals surface area contributed by atoms with Gasteiger partial charge in [-0.1, -0.05) is 11.9 Å². The molecule has 70 valence electrons. The number of hydrogen-bond acceptors (Lipinski definition) is 2. The average molecular weight is 186 g/mol. The molecule has 4 heteroatoms. The molecule has 0 unspecified atom stereocenters. The molecule has 1 fully saturated rings. The second-order valence-corrected chi connectivity index (χ2v) is 3.62. The van der Waals surface area contributed by atoms with Crippen LogP contribution in [0.25, 0.3) is 0 Å². The van der Waals surface area contributed by atoms with Crippen LogP contribution in [-0.2, 0) is 4.79 Å². The van der Waals surface area contributed by atoms with Gasteiger partial charge in [-0.25, -0.2) is 0 Å². The number of carbonyl (C=O) groups is 1. The summed E-state index contributed by atoms with van der Waals surface area (Å²) in [6.45, 7) is 0. The summed E-state index contributed by atoms with van der Waals surface area (Å²) in [6, 6.07) is 1.71. The number of aromatic nitrogens is 1. The molecule has 0 aliphatic heterocycles. The number of anilines is 1. The van der Waals surface area contributed by atoms with E-state index in [1.807, 2.05) is 0 Å². The lowest BCUT2D eigenvalue weighted by Gasteiger charge is -2.23. The molecule has 1 aliphatic carbocycles. The Labute approximate surface area is 84.3 Å². The van der Waals surface area contributed by atoms with Crippen molar-refractivity contribution in [2.24, 2.45) is 5.92 Å². The Morgan fingerprint density at radius 3 is 2.86 bits per heavy atom. The molecule has 1 heterocycles. The van der Waals surface area contributed by atoms with Crippen molar-refractivity contribution in [2.75, 3.05) is 5.32 Å². The third-order valence-corrected chi connectivity index (χ3v) is 2.50. The van der Waals surface area contributed by atoms with Crippen molar-refractivity contribution in [3.8, 4) is 0 Å². The van der Waals surface area contributed by atoms with E-state index >= 15 is 0 Å². The van der Waals surface area contributed by atoms with E-state index in [1.165, 1.54) is 0 Å². The van der Waals surface area contributed by atoms with Crippen LogP contribution >= 0.6 is 0 Å². The Bertz CT molecular complexity index is 350. The number of rotatable bonds is 2. The number of nitrogens with zero attached hydrogens (tertiary/aromatic N) is 1. The molecule has 1 amide bonds. The zero-order valence-electron chi connectivity index (χ0n) is 7.86. The molecule has 14 heavy (non-hydrogen) atoms. The zero-order valence-corrected chi connectivity index (χ0v) is 7.86. The Morgan fingerprint density at radius 2 is 2.29 bits per heavy atom. The first-order valence-electron chi connectivity index (χ1n) is 4.77. The van der Waals surface area contributed by atoms with Crippen LogP contribution in [0.3, 0.4) is 0 Å². The normalized spacial score (nSPS) is 16.0. The molecule has 1 aromatic heterocycles. The predicted molar refractivity (Wildman–Crippen MR) is 55.6 cm³/mol. The summed E-state index contributed by atoms with van der Waals surface area (Å²) in [5.41, 5.74) is 1.25. The summed E-state index contributed by atoms with van der Waals surface area (Å²) in [4.78, 5) is 15.4. The molecule has 0 atom stereocenters. The minimum atomic E-state index is 0.0867. The van der Waals surface area contributed by atoms with Gasteiger partial charge >= 0.3 is 0 Å². The second kappa shape index (κ2) is 3.82. The molecule has 0 saturated heterocycles. The van der Waals surface area contributed by atoms with Gasteiger partial charge in [-0.05, 0) is 18.9 Å². The van der Waals surface area contributed by atoms with Gasteiger partial charge < -0.3 is 5.32 Å². The second-order valence-electron chi connectivity index (χ2n) is 3.62. The highest BCUT2D eigenvalue weighted by Gasteiger charge is 2.24. The minimum absolute atomic E-state index is 0.0867. The van der Waals surface area contributed by atoms with Crippen molar-refractivity contribution in [3.63, 3.8) is 0 Å². The van der Waals surface area contributed by atoms with Gasteiger partial charge in [-0.3, -0.25) is 9.78 Å². The molecule has 1 aliphatic rings. The molecular weight excluding hydrogens is 175 g/mol. The molecule has 0 aromatic carbocycles. The lowest BCUT2D eigenvalue weighted by Crippen LogP contribution is -2.28. The molecular formula is C10H11BN2O. The van der Waals surface area contributed by atoms with E-state index in [1.54, 1.807) is 18.5 Å². The van der Waals surface area contributed by atoms with Gasteiger partial charge in [0, 0.05) is 12.1 Å². The van der Waals surface area contributed by atoms with Gasteiger partial charge in [0.05, 0.1) is 11.9 Å². The number of pyridine rings is 1. The quantitative estimate of drug-likeness (QED) is 0.687. The molecule has 2 rings (SSSR count). The lowest BCUT2D eigenvalue weighted by molar-refractivity contribution is -0.122. The van der Waals surface area contributed by atoms with Crippen LogP contribution < -0.4 is 10.8 Å². The van der Waals surface area contributed by atoms with Gasteiger partial charge in [0.1, 0.15) is 7.85 Å². The largest absolute Gasteiger partial charge is 0.325 e. The highest BCUT2D eigenvalue weighted by Crippen LogP contribution is 2.27. The predicted octanol–water partition coefficient (Wildman–Crippen LogP) is 0.614. The van der Waals surface area contributed by atoms with Crippen molar-refractivity contribution in [3.05, 3.63) is 18.5 Å². The van der Waals surface area contributed by atoms with Gasteiger partial charge in [0.2, 0.25) is 5.91 Å². The Hall–Kier alpha value is -1.32. The van der Waals surface area contributed by atoms with Crippen LogP contribution in [0.5, 0.6) is 0 Å². The maximum atomic E-state index is 11.5. The fraction of sp³-hybridized carbons (Fsp3) is 0.400. The van der Waals surface area contributed by atoms with E-state index < -0.39 is 0 Å². The van der Waals surface area contributed by atoms with Crippen LogP contribution in [0.15, 0.2) is 18.5 Å². The Kier molecular flexibility index (Phi) is 2.52. The SMILES string of the molecule is [B]c1cncc(NC(=O)C2CCC2)c1. The van der Waals surface area contributed by atoms with Crippen LogP contribution in [0, 0.1) is 5.92 Å². The fourth-order valence-corrected chi connectivity index (χ4v) is 1.44. The summed E-state index contributed by atoms with van der Waals surface area (Å²) in [7, 11) is 5.54. The van der Waals surface area contributed by atoms with Crippen molar-refractivity contribution < 1.29 is 4.79 Å². The smallest absolute Gasteiger partial charge is 0.227 e. The zero-order chi connectivity index (χ0) is 9.97. The first kappa shape index (κ1) is 9.25. The molecule has 1 saturated carbocycles.